The molecule has 0 bridgehead atoms. The highest BCUT2D eigenvalue weighted by Gasteiger charge is 2.10. The zero-order valence-corrected chi connectivity index (χ0v) is 20.7. The molecule has 0 aliphatic rings. The summed E-state index contributed by atoms with van der Waals surface area (Å²) < 4.78 is 5.01. The summed E-state index contributed by atoms with van der Waals surface area (Å²) in [5.41, 5.74) is 4.88. The van der Waals surface area contributed by atoms with Gasteiger partial charge >= 0.3 is 5.97 Å². The highest BCUT2D eigenvalue weighted by Crippen LogP contribution is 2.29. The monoisotopic (exact) mass is 480 g/mol. The summed E-state index contributed by atoms with van der Waals surface area (Å²) in [5, 5.41) is 23.2. The SMILES string of the molecule is C=CCOC(=O)c1ccc2c(CC=C)c(O)ccc2c1.C=CCc1c(C)ccc2cc(CO)ccc12. The zero-order chi connectivity index (χ0) is 26.1. The number of hydrogen-bond donors (Lipinski definition) is 2. The van der Waals surface area contributed by atoms with E-state index in [4.69, 9.17) is 9.84 Å². The second-order valence-electron chi connectivity index (χ2n) is 8.45. The maximum absolute atomic E-state index is 11.8. The topological polar surface area (TPSA) is 66.8 Å². The van der Waals surface area contributed by atoms with Crippen molar-refractivity contribution in [1.82, 2.24) is 0 Å². The Morgan fingerprint density at radius 3 is 2.17 bits per heavy atom. The van der Waals surface area contributed by atoms with Crippen LogP contribution in [-0.2, 0) is 24.2 Å². The third-order valence-corrected chi connectivity index (χ3v) is 5.98. The lowest BCUT2D eigenvalue weighted by molar-refractivity contribution is 0.0550. The van der Waals surface area contributed by atoms with Gasteiger partial charge in [0.05, 0.1) is 12.2 Å². The normalized spacial score (nSPS) is 10.4. The average molecular weight is 481 g/mol. The van der Waals surface area contributed by atoms with Crippen molar-refractivity contribution in [2.24, 2.45) is 0 Å². The zero-order valence-electron chi connectivity index (χ0n) is 20.7. The predicted molar refractivity (Wildman–Crippen MR) is 149 cm³/mol. The average Bonchev–Trinajstić information content (AvgIpc) is 2.90. The minimum absolute atomic E-state index is 0.0978. The number of aryl methyl sites for hydroxylation is 1. The molecule has 4 aromatic rings. The van der Waals surface area contributed by atoms with Crippen LogP contribution in [0.3, 0.4) is 0 Å². The van der Waals surface area contributed by atoms with Crippen LogP contribution in [-0.4, -0.2) is 22.8 Å². The number of benzene rings is 4. The summed E-state index contributed by atoms with van der Waals surface area (Å²) >= 11 is 0. The first-order valence-electron chi connectivity index (χ1n) is 11.8. The summed E-state index contributed by atoms with van der Waals surface area (Å²) in [7, 11) is 0. The van der Waals surface area contributed by atoms with Crippen molar-refractivity contribution in [1.29, 1.82) is 0 Å². The van der Waals surface area contributed by atoms with E-state index in [0.717, 1.165) is 28.3 Å². The van der Waals surface area contributed by atoms with Gasteiger partial charge < -0.3 is 14.9 Å². The predicted octanol–water partition coefficient (Wildman–Crippen LogP) is 6.99. The Labute approximate surface area is 212 Å². The van der Waals surface area contributed by atoms with Gasteiger partial charge in [-0.1, -0.05) is 61.2 Å². The number of hydrogen-bond acceptors (Lipinski definition) is 4. The number of carbonyl (C=O) groups excluding carboxylic acids is 1. The van der Waals surface area contributed by atoms with E-state index in [1.165, 1.54) is 28.0 Å². The molecule has 0 aromatic heterocycles. The Balaban J connectivity index is 0.000000205. The third kappa shape index (κ3) is 6.09. The summed E-state index contributed by atoms with van der Waals surface area (Å²) in [5.74, 6) is -0.149. The molecule has 0 unspecified atom stereocenters. The lowest BCUT2D eigenvalue weighted by Crippen LogP contribution is -2.04. The molecule has 36 heavy (non-hydrogen) atoms. The highest BCUT2D eigenvalue weighted by molar-refractivity contribution is 5.97. The maximum Gasteiger partial charge on any atom is 0.338 e. The van der Waals surface area contributed by atoms with Crippen molar-refractivity contribution in [2.75, 3.05) is 6.61 Å². The first kappa shape index (κ1) is 26.5. The van der Waals surface area contributed by atoms with E-state index >= 15 is 0 Å². The van der Waals surface area contributed by atoms with E-state index in [0.29, 0.717) is 12.0 Å². The number of esters is 1. The van der Waals surface area contributed by atoms with E-state index in [9.17, 15) is 9.90 Å². The van der Waals surface area contributed by atoms with Crippen LogP contribution in [0.15, 0.2) is 98.6 Å². The lowest BCUT2D eigenvalue weighted by Gasteiger charge is -2.09. The van der Waals surface area contributed by atoms with Crippen molar-refractivity contribution in [3.8, 4) is 5.75 Å². The molecule has 4 nitrogen and oxygen atoms in total. The Kier molecular flexibility index (Phi) is 9.20. The molecular formula is C32H32O4. The minimum Gasteiger partial charge on any atom is -0.508 e. The standard InChI is InChI=1S/C17H16O3.C15H16O/c1-3-5-15-14-8-6-13(17(19)20-10-4-2)11-12(14)7-9-16(15)18;1-3-4-14-11(2)5-7-13-9-12(10-16)6-8-15(13)14/h3-4,6-9,11,18H,1-2,5,10H2;3,5-9,16H,1,4,10H2,2H3. The van der Waals surface area contributed by atoms with Crippen LogP contribution in [0.25, 0.3) is 21.5 Å². The summed E-state index contributed by atoms with van der Waals surface area (Å²) in [6.07, 6.45) is 6.66. The number of aromatic hydroxyl groups is 1. The molecular weight excluding hydrogens is 448 g/mol. The van der Waals surface area contributed by atoms with Crippen LogP contribution in [0.1, 0.15) is 32.6 Å². The van der Waals surface area contributed by atoms with Crippen LogP contribution in [0.2, 0.25) is 0 Å². The van der Waals surface area contributed by atoms with Crippen molar-refractivity contribution >= 4 is 27.5 Å². The molecule has 0 atom stereocenters. The Morgan fingerprint density at radius 2 is 1.47 bits per heavy atom. The van der Waals surface area contributed by atoms with Gasteiger partial charge in [0.2, 0.25) is 0 Å². The van der Waals surface area contributed by atoms with Crippen LogP contribution < -0.4 is 0 Å². The minimum atomic E-state index is -0.384. The van der Waals surface area contributed by atoms with Gasteiger partial charge in [-0.15, -0.1) is 13.2 Å². The quantitative estimate of drug-likeness (QED) is 0.211. The third-order valence-electron chi connectivity index (χ3n) is 5.98. The fourth-order valence-corrected chi connectivity index (χ4v) is 4.15. The largest absolute Gasteiger partial charge is 0.508 e. The second kappa shape index (κ2) is 12.5. The first-order valence-corrected chi connectivity index (χ1v) is 11.8. The van der Waals surface area contributed by atoms with E-state index in [-0.39, 0.29) is 24.9 Å². The van der Waals surface area contributed by atoms with Crippen molar-refractivity contribution in [3.05, 3.63) is 126 Å². The Hall–Kier alpha value is -4.15. The van der Waals surface area contributed by atoms with Crippen molar-refractivity contribution in [2.45, 2.75) is 26.4 Å². The van der Waals surface area contributed by atoms with Crippen LogP contribution in [0.4, 0.5) is 0 Å². The summed E-state index contributed by atoms with van der Waals surface area (Å²) in [6.45, 7) is 13.4. The molecule has 0 saturated carbocycles. The Bertz CT molecular complexity index is 1420. The van der Waals surface area contributed by atoms with Gasteiger partial charge in [0.1, 0.15) is 12.4 Å². The molecule has 0 saturated heterocycles. The fraction of sp³-hybridized carbons (Fsp3) is 0.156. The number of carbonyl (C=O) groups is 1. The number of fused-ring (bicyclic) bond motifs is 2. The van der Waals surface area contributed by atoms with E-state index < -0.39 is 0 Å². The molecule has 0 amide bonds. The smallest absolute Gasteiger partial charge is 0.338 e. The number of allylic oxidation sites excluding steroid dienone is 2. The van der Waals surface area contributed by atoms with E-state index in [1.807, 2.05) is 24.3 Å². The summed E-state index contributed by atoms with van der Waals surface area (Å²) in [6, 6.07) is 19.0. The summed E-state index contributed by atoms with van der Waals surface area (Å²) in [4.78, 5) is 11.8. The van der Waals surface area contributed by atoms with Gasteiger partial charge in [0.15, 0.2) is 0 Å². The van der Waals surface area contributed by atoms with Gasteiger partial charge in [0, 0.05) is 5.56 Å². The molecule has 0 radical (unpaired) electrons. The van der Waals surface area contributed by atoms with Crippen LogP contribution in [0.5, 0.6) is 5.75 Å². The second-order valence-corrected chi connectivity index (χ2v) is 8.45. The van der Waals surface area contributed by atoms with Gasteiger partial charge in [-0.05, 0) is 82.3 Å². The fourth-order valence-electron chi connectivity index (χ4n) is 4.15. The number of rotatable bonds is 8. The Morgan fingerprint density at radius 1 is 0.833 bits per heavy atom. The number of ether oxygens (including phenoxy) is 1. The molecule has 4 rings (SSSR count). The van der Waals surface area contributed by atoms with Crippen molar-refractivity contribution < 1.29 is 19.7 Å². The van der Waals surface area contributed by atoms with Gasteiger partial charge in [-0.2, -0.15) is 0 Å². The molecule has 4 aromatic carbocycles. The molecule has 0 fully saturated rings. The van der Waals surface area contributed by atoms with Gasteiger partial charge in [-0.25, -0.2) is 4.79 Å². The molecule has 0 heterocycles. The maximum atomic E-state index is 11.8. The molecule has 4 heteroatoms. The van der Waals surface area contributed by atoms with Gasteiger partial charge in [-0.3, -0.25) is 0 Å². The number of aliphatic hydroxyl groups is 1. The molecule has 2 N–H and O–H groups in total. The molecule has 184 valence electrons. The molecule has 0 aliphatic carbocycles. The molecule has 0 aliphatic heterocycles. The number of phenolic OH excluding ortho intramolecular Hbond substituents is 1. The van der Waals surface area contributed by atoms with E-state index in [2.05, 4.69) is 44.9 Å². The van der Waals surface area contributed by atoms with Crippen molar-refractivity contribution in [3.63, 3.8) is 0 Å². The highest BCUT2D eigenvalue weighted by atomic mass is 16.5. The van der Waals surface area contributed by atoms with Gasteiger partial charge in [0.25, 0.3) is 0 Å². The van der Waals surface area contributed by atoms with Crippen LogP contribution in [0, 0.1) is 6.92 Å². The number of phenols is 1. The van der Waals surface area contributed by atoms with Crippen LogP contribution >= 0.6 is 0 Å². The van der Waals surface area contributed by atoms with E-state index in [1.54, 1.807) is 30.3 Å². The first-order chi connectivity index (χ1) is 17.4. The number of aliphatic hydroxyl groups excluding tert-OH is 1. The molecule has 0 spiro atoms. The lowest BCUT2D eigenvalue weighted by atomic mass is 9.96.